The van der Waals surface area contributed by atoms with Crippen molar-refractivity contribution in [3.63, 3.8) is 0 Å². The molecule has 0 saturated heterocycles. The third-order valence-corrected chi connectivity index (χ3v) is 2.14. The number of aliphatic carboxylic acids is 1. The minimum atomic E-state index is -2.17. The number of aliphatic hydroxyl groups is 3. The third-order valence-electron chi connectivity index (χ3n) is 0.715. The summed E-state index contributed by atoms with van der Waals surface area (Å²) in [6.45, 7) is -0.433. The zero-order valence-corrected chi connectivity index (χ0v) is 15.7. The van der Waals surface area contributed by atoms with Crippen molar-refractivity contribution < 1.29 is 25.2 Å². The first-order chi connectivity index (χ1) is 8.45. The Balaban J connectivity index is -0.000000218. The Hall–Kier alpha value is 1.96. The molecule has 0 heterocycles. The van der Waals surface area contributed by atoms with E-state index in [0.717, 1.165) is 0 Å². The number of aliphatic hydroxyl groups excluding tert-OH is 2. The molecule has 0 spiro atoms. The van der Waals surface area contributed by atoms with Gasteiger partial charge in [-0.3, -0.25) is 0 Å². The monoisotopic (exact) mass is 474 g/mol. The summed E-state index contributed by atoms with van der Waals surface area (Å²) >= 11 is 44.1. The standard InChI is InChI=1S/C2H3Cl3O2.C2HCl3O2.C2H3Cl3O/c2*3-2(4,5)1(6)7;3-2(4,5)1-6/h1,6-7H;(H,6,7);6H,1H2. The summed E-state index contributed by atoms with van der Waals surface area (Å²) in [7, 11) is 0. The van der Waals surface area contributed by atoms with Crippen LogP contribution in [-0.4, -0.2) is 50.7 Å². The van der Waals surface area contributed by atoms with Gasteiger partial charge in [0.2, 0.25) is 7.59 Å². The molecule has 0 fully saturated rings. The number of hydrogen-bond donors (Lipinski definition) is 4. The molecule has 0 bridgehead atoms. The molecule has 20 heavy (non-hydrogen) atoms. The molecule has 14 heteroatoms. The number of carboxylic acids is 1. The molecule has 0 aromatic heterocycles. The average molecular weight is 478 g/mol. The van der Waals surface area contributed by atoms with Crippen LogP contribution in [0.25, 0.3) is 0 Å². The SMILES string of the molecule is O=C(O)C(Cl)(Cl)Cl.OC(O)C(Cl)(Cl)Cl.OCC(Cl)(Cl)Cl. The van der Waals surface area contributed by atoms with Gasteiger partial charge in [-0.2, -0.15) is 0 Å². The molecule has 5 nitrogen and oxygen atoms in total. The van der Waals surface area contributed by atoms with Gasteiger partial charge in [0.25, 0.3) is 3.79 Å². The minimum absolute atomic E-state index is 0.433. The highest BCUT2D eigenvalue weighted by molar-refractivity contribution is 6.75. The number of carbonyl (C=O) groups is 1. The molecule has 0 aliphatic carbocycles. The smallest absolute Gasteiger partial charge is 0.356 e. The van der Waals surface area contributed by atoms with Gasteiger partial charge in [0.1, 0.15) is 0 Å². The van der Waals surface area contributed by atoms with Crippen molar-refractivity contribution in [2.24, 2.45) is 0 Å². The van der Waals surface area contributed by atoms with Gasteiger partial charge in [-0.05, 0) is 0 Å². The maximum Gasteiger partial charge on any atom is 0.356 e. The van der Waals surface area contributed by atoms with Crippen LogP contribution >= 0.6 is 104 Å². The summed E-state index contributed by atoms with van der Waals surface area (Å²) in [4.78, 5) is 9.62. The van der Waals surface area contributed by atoms with Crippen LogP contribution in [0.1, 0.15) is 0 Å². The summed E-state index contributed by atoms with van der Waals surface area (Å²) in [6.07, 6.45) is -1.91. The quantitative estimate of drug-likeness (QED) is 0.316. The molecule has 0 aliphatic rings. The van der Waals surface area contributed by atoms with Crippen LogP contribution in [0.5, 0.6) is 0 Å². The molecule has 0 atom stereocenters. The summed E-state index contributed by atoms with van der Waals surface area (Å²) in [5.41, 5.74) is 0. The Morgan fingerprint density at radius 3 is 1.05 bits per heavy atom. The predicted octanol–water partition coefficient (Wildman–Crippen LogP) is 3.46. The van der Waals surface area contributed by atoms with Gasteiger partial charge in [0.15, 0.2) is 6.29 Å². The van der Waals surface area contributed by atoms with Crippen molar-refractivity contribution in [3.8, 4) is 0 Å². The highest BCUT2D eigenvalue weighted by Gasteiger charge is 2.29. The first-order valence-electron chi connectivity index (χ1n) is 3.85. The zero-order valence-electron chi connectivity index (χ0n) is 8.88. The Morgan fingerprint density at radius 2 is 1.05 bits per heavy atom. The minimum Gasteiger partial charge on any atom is -0.478 e. The largest absolute Gasteiger partial charge is 0.478 e. The van der Waals surface area contributed by atoms with E-state index in [0.29, 0.717) is 0 Å². The van der Waals surface area contributed by atoms with Gasteiger partial charge in [0, 0.05) is 0 Å². The fourth-order valence-corrected chi connectivity index (χ4v) is 0. The molecule has 0 aromatic rings. The van der Waals surface area contributed by atoms with Crippen LogP contribution < -0.4 is 0 Å². The molecule has 0 saturated carbocycles. The molecular formula is C6H7Cl9O5. The van der Waals surface area contributed by atoms with Crippen LogP contribution in [0.2, 0.25) is 0 Å². The number of alkyl halides is 9. The second-order valence-corrected chi connectivity index (χ2v) is 9.66. The fourth-order valence-electron chi connectivity index (χ4n) is 0. The van der Waals surface area contributed by atoms with Crippen LogP contribution in [0, 0.1) is 0 Å². The van der Waals surface area contributed by atoms with Crippen molar-refractivity contribution in [2.45, 2.75) is 17.7 Å². The molecule has 4 N–H and O–H groups in total. The Labute approximate surface area is 159 Å². The van der Waals surface area contributed by atoms with E-state index in [1.54, 1.807) is 0 Å². The van der Waals surface area contributed by atoms with E-state index < -0.39 is 30.2 Å². The van der Waals surface area contributed by atoms with Crippen molar-refractivity contribution in [1.29, 1.82) is 0 Å². The molecule has 0 unspecified atom stereocenters. The summed E-state index contributed by atoms with van der Waals surface area (Å²) in [6, 6.07) is 0. The van der Waals surface area contributed by atoms with E-state index in [1.807, 2.05) is 0 Å². The molecular weight excluding hydrogens is 471 g/mol. The maximum absolute atomic E-state index is 9.62. The van der Waals surface area contributed by atoms with Crippen LogP contribution in [0.4, 0.5) is 0 Å². The van der Waals surface area contributed by atoms with Gasteiger partial charge >= 0.3 is 5.97 Å². The lowest BCUT2D eigenvalue weighted by molar-refractivity contribution is -0.135. The lowest BCUT2D eigenvalue weighted by Crippen LogP contribution is -2.23. The summed E-state index contributed by atoms with van der Waals surface area (Å²) in [5, 5.41) is 32.0. The topological polar surface area (TPSA) is 98.0 Å². The van der Waals surface area contributed by atoms with Crippen molar-refractivity contribution >= 4 is 110 Å². The predicted molar refractivity (Wildman–Crippen MR) is 83.8 cm³/mol. The van der Waals surface area contributed by atoms with Crippen molar-refractivity contribution in [2.75, 3.05) is 6.61 Å². The highest BCUT2D eigenvalue weighted by Crippen LogP contribution is 2.28. The number of carboxylic acid groups (broad SMARTS) is 1. The zero-order chi connectivity index (χ0) is 17.4. The lowest BCUT2D eigenvalue weighted by Gasteiger charge is -2.10. The highest BCUT2D eigenvalue weighted by atomic mass is 35.6. The maximum atomic E-state index is 9.62. The van der Waals surface area contributed by atoms with E-state index >= 15 is 0 Å². The molecule has 0 aliphatic heterocycles. The number of hydrogen-bond acceptors (Lipinski definition) is 4. The normalized spacial score (nSPS) is 12.1. The van der Waals surface area contributed by atoms with E-state index in [4.69, 9.17) is 125 Å². The van der Waals surface area contributed by atoms with E-state index in [-0.39, 0.29) is 0 Å². The first kappa shape index (κ1) is 26.8. The van der Waals surface area contributed by atoms with E-state index in [1.165, 1.54) is 0 Å². The molecule has 0 amide bonds. The average Bonchev–Trinajstić information content (AvgIpc) is 2.15. The van der Waals surface area contributed by atoms with Gasteiger partial charge in [-0.15, -0.1) is 0 Å². The van der Waals surface area contributed by atoms with Crippen LogP contribution in [-0.2, 0) is 4.79 Å². The molecule has 124 valence electrons. The summed E-state index contributed by atoms with van der Waals surface area (Å²) < 4.78 is -5.62. The van der Waals surface area contributed by atoms with E-state index in [9.17, 15) is 4.79 Å². The Kier molecular flexibility index (Phi) is 15.4. The fraction of sp³-hybridized carbons (Fsp3) is 0.833. The van der Waals surface area contributed by atoms with Gasteiger partial charge in [-0.1, -0.05) is 104 Å². The number of rotatable bonds is 0. The third kappa shape index (κ3) is 24.9. The van der Waals surface area contributed by atoms with Crippen molar-refractivity contribution in [3.05, 3.63) is 0 Å². The second-order valence-electron chi connectivity index (χ2n) is 2.49. The van der Waals surface area contributed by atoms with Crippen molar-refractivity contribution in [1.82, 2.24) is 0 Å². The molecule has 0 aromatic carbocycles. The van der Waals surface area contributed by atoms with Gasteiger partial charge in [-0.25, -0.2) is 4.79 Å². The van der Waals surface area contributed by atoms with Crippen LogP contribution in [0.3, 0.4) is 0 Å². The van der Waals surface area contributed by atoms with E-state index in [2.05, 4.69) is 0 Å². The second kappa shape index (κ2) is 11.5. The van der Waals surface area contributed by atoms with Gasteiger partial charge < -0.3 is 20.4 Å². The Morgan fingerprint density at radius 1 is 0.900 bits per heavy atom. The Bertz CT molecular complexity index is 265. The lowest BCUT2D eigenvalue weighted by atomic mass is 10.8. The molecule has 0 radical (unpaired) electrons. The molecule has 0 rings (SSSR count). The summed E-state index contributed by atoms with van der Waals surface area (Å²) in [5.74, 6) is -1.46. The van der Waals surface area contributed by atoms with Crippen LogP contribution in [0.15, 0.2) is 0 Å². The number of halogens is 9. The first-order valence-corrected chi connectivity index (χ1v) is 7.26. The van der Waals surface area contributed by atoms with Gasteiger partial charge in [0.05, 0.1) is 6.61 Å².